The third-order valence-electron chi connectivity index (χ3n) is 3.42. The first-order valence-electron chi connectivity index (χ1n) is 8.12. The van der Waals surface area contributed by atoms with Gasteiger partial charge in [0.1, 0.15) is 12.6 Å². The van der Waals surface area contributed by atoms with Crippen LogP contribution in [0.1, 0.15) is 18.1 Å². The Morgan fingerprint density at radius 2 is 1.56 bits per heavy atom. The van der Waals surface area contributed by atoms with Crippen molar-refractivity contribution in [3.05, 3.63) is 71.8 Å². The molecule has 2 aromatic rings. The number of hydrogen-bond donors (Lipinski definition) is 2. The average Bonchev–Trinajstić information content (AvgIpc) is 2.65. The highest BCUT2D eigenvalue weighted by molar-refractivity contribution is 5.85. The van der Waals surface area contributed by atoms with E-state index < -0.39 is 18.0 Å². The Bertz CT molecular complexity index is 662. The van der Waals surface area contributed by atoms with Crippen molar-refractivity contribution >= 4 is 12.0 Å². The highest BCUT2D eigenvalue weighted by atomic mass is 16.6. The standard InChI is InChI=1S/C19H22N2O4/c1-2-25-21-18(22)17(13-15-9-5-3-6-10-15)20-19(23)24-14-16-11-7-4-8-12-16/h3-12,17H,2,13-14H2,1H3,(H,20,23)(H,21,22)/t17-/m0/s1. The van der Waals surface area contributed by atoms with Gasteiger partial charge in [-0.3, -0.25) is 9.63 Å². The van der Waals surface area contributed by atoms with Crippen LogP contribution in [0.5, 0.6) is 0 Å². The summed E-state index contributed by atoms with van der Waals surface area (Å²) in [4.78, 5) is 29.2. The summed E-state index contributed by atoms with van der Waals surface area (Å²) in [5.41, 5.74) is 4.11. The molecule has 0 fully saturated rings. The van der Waals surface area contributed by atoms with Gasteiger partial charge in [-0.2, -0.15) is 0 Å². The van der Waals surface area contributed by atoms with Crippen LogP contribution in [-0.4, -0.2) is 24.6 Å². The van der Waals surface area contributed by atoms with E-state index in [0.29, 0.717) is 13.0 Å². The smallest absolute Gasteiger partial charge is 0.408 e. The minimum Gasteiger partial charge on any atom is -0.445 e. The molecule has 2 amide bonds. The fourth-order valence-electron chi connectivity index (χ4n) is 2.18. The zero-order chi connectivity index (χ0) is 17.9. The maximum Gasteiger partial charge on any atom is 0.408 e. The molecule has 6 nitrogen and oxygen atoms in total. The van der Waals surface area contributed by atoms with Crippen molar-refractivity contribution in [2.45, 2.75) is 26.0 Å². The number of amides is 2. The van der Waals surface area contributed by atoms with Gasteiger partial charge in [-0.05, 0) is 18.1 Å². The Morgan fingerprint density at radius 1 is 0.960 bits per heavy atom. The number of hydroxylamine groups is 1. The van der Waals surface area contributed by atoms with E-state index in [1.54, 1.807) is 6.92 Å². The Kier molecular flexibility index (Phi) is 7.46. The van der Waals surface area contributed by atoms with Crippen molar-refractivity contribution in [3.63, 3.8) is 0 Å². The van der Waals surface area contributed by atoms with Crippen LogP contribution in [0.2, 0.25) is 0 Å². The Morgan fingerprint density at radius 3 is 2.16 bits per heavy atom. The van der Waals surface area contributed by atoms with Crippen molar-refractivity contribution in [3.8, 4) is 0 Å². The number of rotatable bonds is 8. The maximum absolute atomic E-state index is 12.2. The normalized spacial score (nSPS) is 11.4. The van der Waals surface area contributed by atoms with E-state index in [-0.39, 0.29) is 6.61 Å². The molecule has 2 rings (SSSR count). The molecule has 0 saturated heterocycles. The largest absolute Gasteiger partial charge is 0.445 e. The Labute approximate surface area is 147 Å². The summed E-state index contributed by atoms with van der Waals surface area (Å²) in [5.74, 6) is -0.428. The van der Waals surface area contributed by atoms with Crippen molar-refractivity contribution < 1.29 is 19.2 Å². The van der Waals surface area contributed by atoms with Gasteiger partial charge in [-0.25, -0.2) is 10.3 Å². The number of alkyl carbamates (subject to hydrolysis) is 1. The van der Waals surface area contributed by atoms with Crippen LogP contribution in [0.25, 0.3) is 0 Å². The molecular weight excluding hydrogens is 320 g/mol. The summed E-state index contributed by atoms with van der Waals surface area (Å²) in [6.07, 6.45) is -0.323. The third kappa shape index (κ3) is 6.64. The number of nitrogens with one attached hydrogen (secondary N) is 2. The summed E-state index contributed by atoms with van der Waals surface area (Å²) in [5, 5.41) is 2.59. The summed E-state index contributed by atoms with van der Waals surface area (Å²) in [6.45, 7) is 2.23. The highest BCUT2D eigenvalue weighted by Gasteiger charge is 2.22. The van der Waals surface area contributed by atoms with Gasteiger partial charge in [-0.15, -0.1) is 0 Å². The van der Waals surface area contributed by atoms with E-state index in [1.165, 1.54) is 0 Å². The van der Waals surface area contributed by atoms with Crippen molar-refractivity contribution in [2.24, 2.45) is 0 Å². The lowest BCUT2D eigenvalue weighted by molar-refractivity contribution is -0.135. The summed E-state index contributed by atoms with van der Waals surface area (Å²) in [6, 6.07) is 18.0. The lowest BCUT2D eigenvalue weighted by atomic mass is 10.1. The predicted octanol–water partition coefficient (Wildman–Crippen LogP) is 2.59. The predicted molar refractivity (Wildman–Crippen MR) is 93.5 cm³/mol. The highest BCUT2D eigenvalue weighted by Crippen LogP contribution is 2.05. The van der Waals surface area contributed by atoms with Gasteiger partial charge in [0.25, 0.3) is 5.91 Å². The number of hydrogen-bond acceptors (Lipinski definition) is 4. The zero-order valence-corrected chi connectivity index (χ0v) is 14.1. The SMILES string of the molecule is CCONC(=O)[C@H](Cc1ccccc1)NC(=O)OCc1ccccc1. The van der Waals surface area contributed by atoms with E-state index in [2.05, 4.69) is 10.8 Å². The first-order chi connectivity index (χ1) is 12.2. The van der Waals surface area contributed by atoms with Gasteiger partial charge in [0.2, 0.25) is 0 Å². The zero-order valence-electron chi connectivity index (χ0n) is 14.1. The number of carbonyl (C=O) groups is 2. The molecule has 2 aromatic carbocycles. The van der Waals surface area contributed by atoms with Gasteiger partial charge in [0.05, 0.1) is 6.61 Å². The first-order valence-corrected chi connectivity index (χ1v) is 8.12. The molecule has 0 aliphatic rings. The van der Waals surface area contributed by atoms with Crippen LogP contribution in [0.4, 0.5) is 4.79 Å². The van der Waals surface area contributed by atoms with Crippen LogP contribution in [0.15, 0.2) is 60.7 Å². The molecule has 0 bridgehead atoms. The van der Waals surface area contributed by atoms with Gasteiger partial charge in [-0.1, -0.05) is 60.7 Å². The van der Waals surface area contributed by atoms with E-state index in [4.69, 9.17) is 9.57 Å². The summed E-state index contributed by atoms with van der Waals surface area (Å²) < 4.78 is 5.18. The second-order valence-electron chi connectivity index (χ2n) is 5.35. The lowest BCUT2D eigenvalue weighted by Gasteiger charge is -2.18. The van der Waals surface area contributed by atoms with E-state index in [0.717, 1.165) is 11.1 Å². The molecule has 0 saturated carbocycles. The van der Waals surface area contributed by atoms with Crippen LogP contribution in [0, 0.1) is 0 Å². The second kappa shape index (κ2) is 10.1. The third-order valence-corrected chi connectivity index (χ3v) is 3.42. The van der Waals surface area contributed by atoms with Crippen molar-refractivity contribution in [2.75, 3.05) is 6.61 Å². The van der Waals surface area contributed by atoms with Gasteiger partial charge in [0, 0.05) is 6.42 Å². The van der Waals surface area contributed by atoms with Gasteiger partial charge in [0.15, 0.2) is 0 Å². The fourth-order valence-corrected chi connectivity index (χ4v) is 2.18. The molecule has 0 aliphatic heterocycles. The molecule has 2 N–H and O–H groups in total. The monoisotopic (exact) mass is 342 g/mol. The second-order valence-corrected chi connectivity index (χ2v) is 5.35. The Balaban J connectivity index is 1.94. The lowest BCUT2D eigenvalue weighted by Crippen LogP contribution is -2.48. The number of carbonyl (C=O) groups excluding carboxylic acids is 2. The fraction of sp³-hybridized carbons (Fsp3) is 0.263. The van der Waals surface area contributed by atoms with E-state index in [9.17, 15) is 9.59 Å². The number of ether oxygens (including phenoxy) is 1. The molecule has 0 radical (unpaired) electrons. The van der Waals surface area contributed by atoms with E-state index >= 15 is 0 Å². The van der Waals surface area contributed by atoms with Crippen LogP contribution >= 0.6 is 0 Å². The van der Waals surface area contributed by atoms with Crippen LogP contribution < -0.4 is 10.8 Å². The Hall–Kier alpha value is -2.86. The molecule has 25 heavy (non-hydrogen) atoms. The molecule has 0 heterocycles. The molecule has 6 heteroatoms. The number of benzene rings is 2. The van der Waals surface area contributed by atoms with Crippen molar-refractivity contribution in [1.29, 1.82) is 0 Å². The summed E-state index contributed by atoms with van der Waals surface area (Å²) >= 11 is 0. The molecule has 0 aromatic heterocycles. The van der Waals surface area contributed by atoms with Gasteiger partial charge < -0.3 is 10.1 Å². The van der Waals surface area contributed by atoms with Crippen molar-refractivity contribution in [1.82, 2.24) is 10.8 Å². The van der Waals surface area contributed by atoms with Crippen LogP contribution in [-0.2, 0) is 27.4 Å². The topological polar surface area (TPSA) is 76.7 Å². The molecule has 132 valence electrons. The molecule has 1 atom stereocenters. The molecular formula is C19H22N2O4. The minimum atomic E-state index is -0.794. The average molecular weight is 342 g/mol. The molecule has 0 aliphatic carbocycles. The minimum absolute atomic E-state index is 0.137. The quantitative estimate of drug-likeness (QED) is 0.723. The first kappa shape index (κ1) is 18.5. The molecule has 0 unspecified atom stereocenters. The van der Waals surface area contributed by atoms with Crippen LogP contribution in [0.3, 0.4) is 0 Å². The summed E-state index contributed by atoms with van der Waals surface area (Å²) in [7, 11) is 0. The van der Waals surface area contributed by atoms with E-state index in [1.807, 2.05) is 60.7 Å². The maximum atomic E-state index is 12.2. The van der Waals surface area contributed by atoms with Gasteiger partial charge >= 0.3 is 6.09 Å². The molecule has 0 spiro atoms.